The van der Waals surface area contributed by atoms with Gasteiger partial charge in [-0.05, 0) is 47.3 Å². The van der Waals surface area contributed by atoms with Crippen LogP contribution in [0.1, 0.15) is 44.7 Å². The Morgan fingerprint density at radius 2 is 1.76 bits per heavy atom. The highest BCUT2D eigenvalue weighted by atomic mass is 14.7. The summed E-state index contributed by atoms with van der Waals surface area (Å²) >= 11 is 0. The van der Waals surface area contributed by atoms with E-state index in [1.165, 1.54) is 17.5 Å². The summed E-state index contributed by atoms with van der Waals surface area (Å²) in [5.74, 6) is 2.06. The number of benzene rings is 1. The summed E-state index contributed by atoms with van der Waals surface area (Å²) in [5.41, 5.74) is 9.15. The molecule has 94 valence electrons. The third-order valence-electron chi connectivity index (χ3n) is 4.29. The largest absolute Gasteiger partial charge is 0.330 e. The molecule has 1 aromatic rings. The van der Waals surface area contributed by atoms with Crippen LogP contribution in [-0.2, 0) is 6.42 Å². The van der Waals surface area contributed by atoms with Gasteiger partial charge in [0.05, 0.1) is 0 Å². The highest BCUT2D eigenvalue weighted by Gasteiger charge is 2.56. The van der Waals surface area contributed by atoms with Crippen molar-refractivity contribution in [3.63, 3.8) is 0 Å². The summed E-state index contributed by atoms with van der Waals surface area (Å²) in [7, 11) is 0. The van der Waals surface area contributed by atoms with E-state index in [4.69, 9.17) is 5.73 Å². The van der Waals surface area contributed by atoms with Gasteiger partial charge in [-0.2, -0.15) is 0 Å². The van der Waals surface area contributed by atoms with Gasteiger partial charge in [0, 0.05) is 0 Å². The first kappa shape index (κ1) is 12.6. The minimum atomic E-state index is 0.397. The summed E-state index contributed by atoms with van der Waals surface area (Å²) in [6, 6.07) is 9.19. The number of hydrogen-bond donors (Lipinski definition) is 1. The molecule has 1 saturated carbocycles. The van der Waals surface area contributed by atoms with Gasteiger partial charge in [0.25, 0.3) is 0 Å². The lowest BCUT2D eigenvalue weighted by Gasteiger charge is -2.07. The Labute approximate surface area is 105 Å². The average molecular weight is 231 g/mol. The van der Waals surface area contributed by atoms with E-state index in [0.29, 0.717) is 17.3 Å². The summed E-state index contributed by atoms with van der Waals surface area (Å²) in [6.07, 6.45) is 1.18. The zero-order valence-electron chi connectivity index (χ0n) is 11.5. The highest BCUT2D eigenvalue weighted by molar-refractivity contribution is 5.34. The second-order valence-electron chi connectivity index (χ2n) is 6.48. The van der Waals surface area contributed by atoms with Crippen LogP contribution in [0.5, 0.6) is 0 Å². The summed E-state index contributed by atoms with van der Waals surface area (Å²) < 4.78 is 0. The number of nitrogens with two attached hydrogens (primary N) is 1. The van der Waals surface area contributed by atoms with Crippen molar-refractivity contribution in [2.45, 2.75) is 40.0 Å². The first-order valence-corrected chi connectivity index (χ1v) is 6.75. The fourth-order valence-corrected chi connectivity index (χ4v) is 3.18. The van der Waals surface area contributed by atoms with Gasteiger partial charge in [0.2, 0.25) is 0 Å². The lowest BCUT2D eigenvalue weighted by molar-refractivity contribution is 0.558. The van der Waals surface area contributed by atoms with Crippen molar-refractivity contribution in [3.8, 4) is 0 Å². The fraction of sp³-hybridized carbons (Fsp3) is 0.625. The van der Waals surface area contributed by atoms with E-state index >= 15 is 0 Å². The van der Waals surface area contributed by atoms with E-state index in [0.717, 1.165) is 12.5 Å². The molecule has 2 atom stereocenters. The molecule has 0 spiro atoms. The molecule has 0 amide bonds. The predicted octanol–water partition coefficient (Wildman–Crippen LogP) is 3.58. The zero-order chi connectivity index (χ0) is 12.6. The SMILES string of the molecule is CC(C)Cc1ccc(C2C(CN)C2(C)C)cc1. The molecule has 0 radical (unpaired) electrons. The van der Waals surface area contributed by atoms with Crippen LogP contribution in [0, 0.1) is 17.3 Å². The summed E-state index contributed by atoms with van der Waals surface area (Å²) in [5, 5.41) is 0. The molecule has 1 fully saturated rings. The van der Waals surface area contributed by atoms with Crippen molar-refractivity contribution in [2.24, 2.45) is 23.0 Å². The van der Waals surface area contributed by atoms with Gasteiger partial charge in [-0.25, -0.2) is 0 Å². The molecule has 0 aliphatic heterocycles. The van der Waals surface area contributed by atoms with Crippen molar-refractivity contribution >= 4 is 0 Å². The fourth-order valence-electron chi connectivity index (χ4n) is 3.18. The highest BCUT2D eigenvalue weighted by Crippen LogP contribution is 2.63. The van der Waals surface area contributed by atoms with Gasteiger partial charge in [-0.3, -0.25) is 0 Å². The van der Waals surface area contributed by atoms with Gasteiger partial charge in [0.15, 0.2) is 0 Å². The smallest absolute Gasteiger partial charge is 0.00375 e. The van der Waals surface area contributed by atoms with Crippen molar-refractivity contribution in [2.75, 3.05) is 6.54 Å². The second kappa shape index (κ2) is 4.45. The first-order chi connectivity index (χ1) is 7.96. The molecule has 1 heteroatoms. The Morgan fingerprint density at radius 1 is 1.18 bits per heavy atom. The Kier molecular flexibility index (Phi) is 3.31. The van der Waals surface area contributed by atoms with Crippen LogP contribution in [-0.4, -0.2) is 6.54 Å². The van der Waals surface area contributed by atoms with Crippen molar-refractivity contribution < 1.29 is 0 Å². The molecule has 1 nitrogen and oxygen atoms in total. The molecule has 17 heavy (non-hydrogen) atoms. The maximum absolute atomic E-state index is 5.83. The minimum absolute atomic E-state index is 0.397. The van der Waals surface area contributed by atoms with E-state index < -0.39 is 0 Å². The van der Waals surface area contributed by atoms with E-state index in [1.54, 1.807) is 0 Å². The summed E-state index contributed by atoms with van der Waals surface area (Å²) in [6.45, 7) is 10.0. The molecule has 2 rings (SSSR count). The summed E-state index contributed by atoms with van der Waals surface area (Å²) in [4.78, 5) is 0. The van der Waals surface area contributed by atoms with Crippen molar-refractivity contribution in [1.82, 2.24) is 0 Å². The molecule has 1 aliphatic carbocycles. The van der Waals surface area contributed by atoms with Gasteiger partial charge in [-0.15, -0.1) is 0 Å². The third-order valence-corrected chi connectivity index (χ3v) is 4.29. The Balaban J connectivity index is 2.09. The van der Waals surface area contributed by atoms with Crippen LogP contribution >= 0.6 is 0 Å². The molecular formula is C16H25N. The van der Waals surface area contributed by atoms with Gasteiger partial charge >= 0.3 is 0 Å². The Hall–Kier alpha value is -0.820. The molecule has 0 aromatic heterocycles. The molecule has 0 bridgehead atoms. The Morgan fingerprint density at radius 3 is 2.18 bits per heavy atom. The Bertz CT molecular complexity index is 375. The van der Waals surface area contributed by atoms with Crippen LogP contribution in [0.15, 0.2) is 24.3 Å². The van der Waals surface area contributed by atoms with E-state index in [-0.39, 0.29) is 0 Å². The molecule has 2 unspecified atom stereocenters. The molecule has 0 heterocycles. The molecule has 0 saturated heterocycles. The van der Waals surface area contributed by atoms with Gasteiger partial charge < -0.3 is 5.73 Å². The van der Waals surface area contributed by atoms with E-state index in [9.17, 15) is 0 Å². The molecular weight excluding hydrogens is 206 g/mol. The van der Waals surface area contributed by atoms with Gasteiger partial charge in [-0.1, -0.05) is 52.0 Å². The van der Waals surface area contributed by atoms with E-state index in [2.05, 4.69) is 52.0 Å². The quantitative estimate of drug-likeness (QED) is 0.842. The zero-order valence-corrected chi connectivity index (χ0v) is 11.5. The van der Waals surface area contributed by atoms with Crippen LogP contribution in [0.25, 0.3) is 0 Å². The molecule has 1 aromatic carbocycles. The lowest BCUT2D eigenvalue weighted by Crippen LogP contribution is -2.05. The van der Waals surface area contributed by atoms with Crippen LogP contribution in [0.3, 0.4) is 0 Å². The number of hydrogen-bond acceptors (Lipinski definition) is 1. The molecule has 2 N–H and O–H groups in total. The topological polar surface area (TPSA) is 26.0 Å². The maximum atomic E-state index is 5.83. The second-order valence-corrected chi connectivity index (χ2v) is 6.48. The maximum Gasteiger partial charge on any atom is -0.00375 e. The lowest BCUT2D eigenvalue weighted by atomic mass is 9.98. The normalized spacial score (nSPS) is 26.2. The van der Waals surface area contributed by atoms with Crippen LogP contribution < -0.4 is 5.73 Å². The standard InChI is InChI=1S/C16H25N/c1-11(2)9-12-5-7-13(8-6-12)15-14(10-17)16(15,3)4/h5-8,11,14-15H,9-10,17H2,1-4H3. The van der Waals surface area contributed by atoms with E-state index in [1.807, 2.05) is 0 Å². The number of rotatable bonds is 4. The minimum Gasteiger partial charge on any atom is -0.330 e. The van der Waals surface area contributed by atoms with Crippen molar-refractivity contribution in [1.29, 1.82) is 0 Å². The monoisotopic (exact) mass is 231 g/mol. The molecule has 1 aliphatic rings. The average Bonchev–Trinajstić information content (AvgIpc) is 2.81. The van der Waals surface area contributed by atoms with Crippen molar-refractivity contribution in [3.05, 3.63) is 35.4 Å². The van der Waals surface area contributed by atoms with Crippen LogP contribution in [0.4, 0.5) is 0 Å². The first-order valence-electron chi connectivity index (χ1n) is 6.75. The van der Waals surface area contributed by atoms with Gasteiger partial charge in [0.1, 0.15) is 0 Å². The van der Waals surface area contributed by atoms with Crippen LogP contribution in [0.2, 0.25) is 0 Å². The predicted molar refractivity (Wildman–Crippen MR) is 74.1 cm³/mol. The third kappa shape index (κ3) is 2.40.